The van der Waals surface area contributed by atoms with Crippen LogP contribution < -0.4 is 4.90 Å². The van der Waals surface area contributed by atoms with E-state index in [0.717, 1.165) is 38.1 Å². The Balaban J connectivity index is 1.74. The van der Waals surface area contributed by atoms with E-state index in [-0.39, 0.29) is 12.5 Å². The average molecular weight is 363 g/mol. The highest BCUT2D eigenvalue weighted by Gasteiger charge is 2.30. The third kappa shape index (κ3) is 3.98. The number of anilines is 1. The fourth-order valence-electron chi connectivity index (χ4n) is 3.10. The molecule has 1 aromatic carbocycles. The molecule has 1 saturated heterocycles. The molecule has 2 aromatic rings. The molecule has 0 aliphatic carbocycles. The van der Waals surface area contributed by atoms with Gasteiger partial charge in [0.1, 0.15) is 5.82 Å². The van der Waals surface area contributed by atoms with Crippen molar-refractivity contribution < 1.29 is 18.0 Å². The van der Waals surface area contributed by atoms with Crippen LogP contribution in [0.5, 0.6) is 0 Å². The van der Waals surface area contributed by atoms with Gasteiger partial charge in [0.15, 0.2) is 0 Å². The SMILES string of the molecule is CN(Cc1ccc(C(F)(F)F)cc1)C(=O)c1cccnc1N1CCCC1. The van der Waals surface area contributed by atoms with Gasteiger partial charge in [0, 0.05) is 32.9 Å². The van der Waals surface area contributed by atoms with Gasteiger partial charge in [0.2, 0.25) is 0 Å². The first-order valence-electron chi connectivity index (χ1n) is 8.48. The van der Waals surface area contributed by atoms with E-state index in [1.807, 2.05) is 0 Å². The molecule has 138 valence electrons. The fourth-order valence-corrected chi connectivity index (χ4v) is 3.10. The van der Waals surface area contributed by atoms with E-state index < -0.39 is 11.7 Å². The highest BCUT2D eigenvalue weighted by Crippen LogP contribution is 2.29. The van der Waals surface area contributed by atoms with Crippen LogP contribution in [0.1, 0.15) is 34.3 Å². The topological polar surface area (TPSA) is 36.4 Å². The van der Waals surface area contributed by atoms with E-state index in [2.05, 4.69) is 9.88 Å². The number of hydrogen-bond acceptors (Lipinski definition) is 3. The molecule has 0 N–H and O–H groups in total. The number of rotatable bonds is 4. The predicted octanol–water partition coefficient (Wildman–Crippen LogP) is 3.97. The molecular weight excluding hydrogens is 343 g/mol. The molecule has 2 heterocycles. The quantitative estimate of drug-likeness (QED) is 0.825. The summed E-state index contributed by atoms with van der Waals surface area (Å²) in [5.41, 5.74) is 0.461. The summed E-state index contributed by atoms with van der Waals surface area (Å²) in [4.78, 5) is 20.8. The van der Waals surface area contributed by atoms with Crippen molar-refractivity contribution in [2.45, 2.75) is 25.6 Å². The van der Waals surface area contributed by atoms with Crippen LogP contribution in [-0.2, 0) is 12.7 Å². The van der Waals surface area contributed by atoms with Gasteiger partial charge in [-0.15, -0.1) is 0 Å². The van der Waals surface area contributed by atoms with Crippen molar-refractivity contribution >= 4 is 11.7 Å². The van der Waals surface area contributed by atoms with E-state index in [0.29, 0.717) is 16.9 Å². The number of benzene rings is 1. The van der Waals surface area contributed by atoms with Crippen LogP contribution in [0.15, 0.2) is 42.6 Å². The molecule has 0 radical (unpaired) electrons. The highest BCUT2D eigenvalue weighted by molar-refractivity contribution is 5.98. The van der Waals surface area contributed by atoms with Crippen LogP contribution in [-0.4, -0.2) is 35.9 Å². The molecule has 26 heavy (non-hydrogen) atoms. The minimum atomic E-state index is -4.36. The van der Waals surface area contributed by atoms with Crippen molar-refractivity contribution in [1.82, 2.24) is 9.88 Å². The lowest BCUT2D eigenvalue weighted by Gasteiger charge is -2.23. The van der Waals surface area contributed by atoms with E-state index >= 15 is 0 Å². The van der Waals surface area contributed by atoms with Crippen molar-refractivity contribution in [2.75, 3.05) is 25.0 Å². The van der Waals surface area contributed by atoms with Crippen LogP contribution in [0.2, 0.25) is 0 Å². The maximum Gasteiger partial charge on any atom is 0.416 e. The number of carbonyl (C=O) groups is 1. The monoisotopic (exact) mass is 363 g/mol. The van der Waals surface area contributed by atoms with Crippen molar-refractivity contribution in [3.05, 3.63) is 59.3 Å². The average Bonchev–Trinajstić information content (AvgIpc) is 3.15. The van der Waals surface area contributed by atoms with Crippen molar-refractivity contribution in [2.24, 2.45) is 0 Å². The van der Waals surface area contributed by atoms with Gasteiger partial charge in [-0.05, 0) is 42.7 Å². The van der Waals surface area contributed by atoms with Gasteiger partial charge in [-0.3, -0.25) is 4.79 Å². The van der Waals surface area contributed by atoms with Gasteiger partial charge in [-0.1, -0.05) is 12.1 Å². The van der Waals surface area contributed by atoms with Crippen molar-refractivity contribution in [1.29, 1.82) is 0 Å². The zero-order valence-corrected chi connectivity index (χ0v) is 14.5. The third-order valence-electron chi connectivity index (χ3n) is 4.47. The summed E-state index contributed by atoms with van der Waals surface area (Å²) in [6, 6.07) is 8.33. The standard InChI is InChI=1S/C19H20F3N3O/c1-24(13-14-6-8-15(9-7-14)19(20,21)22)18(26)16-5-4-10-23-17(16)25-11-2-3-12-25/h4-10H,2-3,11-13H2,1H3. The lowest BCUT2D eigenvalue weighted by Crippen LogP contribution is -2.29. The molecular formula is C19H20F3N3O. The highest BCUT2D eigenvalue weighted by atomic mass is 19.4. The van der Waals surface area contributed by atoms with E-state index in [4.69, 9.17) is 0 Å². The minimum Gasteiger partial charge on any atom is -0.356 e. The first kappa shape index (κ1) is 18.2. The van der Waals surface area contributed by atoms with Gasteiger partial charge in [-0.25, -0.2) is 4.98 Å². The van der Waals surface area contributed by atoms with Gasteiger partial charge in [0.05, 0.1) is 11.1 Å². The van der Waals surface area contributed by atoms with E-state index in [9.17, 15) is 18.0 Å². The summed E-state index contributed by atoms with van der Waals surface area (Å²) < 4.78 is 37.9. The number of amides is 1. The number of nitrogens with zero attached hydrogens (tertiary/aromatic N) is 3. The molecule has 0 bridgehead atoms. The van der Waals surface area contributed by atoms with Crippen molar-refractivity contribution in [3.63, 3.8) is 0 Å². The summed E-state index contributed by atoms with van der Waals surface area (Å²) in [6.45, 7) is 1.98. The molecule has 0 unspecified atom stereocenters. The fraction of sp³-hybridized carbons (Fsp3) is 0.368. The Hall–Kier alpha value is -2.57. The molecule has 1 amide bonds. The van der Waals surface area contributed by atoms with Crippen molar-refractivity contribution in [3.8, 4) is 0 Å². The van der Waals surface area contributed by atoms with Gasteiger partial charge in [0.25, 0.3) is 5.91 Å². The Kier molecular flexibility index (Phi) is 5.15. The Morgan fingerprint density at radius 2 is 1.81 bits per heavy atom. The molecule has 0 saturated carbocycles. The molecule has 1 fully saturated rings. The molecule has 7 heteroatoms. The Morgan fingerprint density at radius 3 is 2.42 bits per heavy atom. The van der Waals surface area contributed by atoms with E-state index in [1.165, 1.54) is 17.0 Å². The first-order valence-corrected chi connectivity index (χ1v) is 8.48. The molecule has 0 spiro atoms. The second-order valence-corrected chi connectivity index (χ2v) is 6.42. The lowest BCUT2D eigenvalue weighted by molar-refractivity contribution is -0.137. The number of aromatic nitrogens is 1. The van der Waals surface area contributed by atoms with Crippen LogP contribution in [0.4, 0.5) is 19.0 Å². The van der Waals surface area contributed by atoms with Crippen LogP contribution >= 0.6 is 0 Å². The molecule has 1 aromatic heterocycles. The van der Waals surface area contributed by atoms with Crippen LogP contribution in [0.3, 0.4) is 0 Å². The zero-order valence-electron chi connectivity index (χ0n) is 14.5. The second-order valence-electron chi connectivity index (χ2n) is 6.42. The third-order valence-corrected chi connectivity index (χ3v) is 4.47. The lowest BCUT2D eigenvalue weighted by atomic mass is 10.1. The molecule has 1 aliphatic heterocycles. The Bertz CT molecular complexity index is 768. The number of carbonyl (C=O) groups excluding carboxylic acids is 1. The summed E-state index contributed by atoms with van der Waals surface area (Å²) >= 11 is 0. The smallest absolute Gasteiger partial charge is 0.356 e. The molecule has 3 rings (SSSR count). The minimum absolute atomic E-state index is 0.195. The molecule has 1 aliphatic rings. The Morgan fingerprint density at radius 1 is 1.15 bits per heavy atom. The van der Waals surface area contributed by atoms with Gasteiger partial charge in [-0.2, -0.15) is 13.2 Å². The maximum absolute atomic E-state index is 12.8. The van der Waals surface area contributed by atoms with Crippen LogP contribution in [0.25, 0.3) is 0 Å². The maximum atomic E-state index is 12.8. The molecule has 4 nitrogen and oxygen atoms in total. The zero-order chi connectivity index (χ0) is 18.7. The normalized spacial score (nSPS) is 14.5. The number of alkyl halides is 3. The van der Waals surface area contributed by atoms with Crippen LogP contribution in [0, 0.1) is 0 Å². The summed E-state index contributed by atoms with van der Waals surface area (Å²) in [5, 5.41) is 0. The summed E-state index contributed by atoms with van der Waals surface area (Å²) in [7, 11) is 1.64. The number of halogens is 3. The van der Waals surface area contributed by atoms with Gasteiger partial charge < -0.3 is 9.80 Å². The number of hydrogen-bond donors (Lipinski definition) is 0. The van der Waals surface area contributed by atoms with E-state index in [1.54, 1.807) is 25.4 Å². The first-order chi connectivity index (χ1) is 12.4. The molecule has 0 atom stereocenters. The number of pyridine rings is 1. The van der Waals surface area contributed by atoms with Gasteiger partial charge >= 0.3 is 6.18 Å². The Labute approximate surface area is 150 Å². The summed E-state index contributed by atoms with van der Waals surface area (Å²) in [5.74, 6) is 0.481. The summed E-state index contributed by atoms with van der Waals surface area (Å²) in [6.07, 6.45) is -0.544. The second kappa shape index (κ2) is 7.35. The predicted molar refractivity (Wildman–Crippen MR) is 92.9 cm³/mol. The largest absolute Gasteiger partial charge is 0.416 e.